The summed E-state index contributed by atoms with van der Waals surface area (Å²) in [6, 6.07) is 6.69. The van der Waals surface area contributed by atoms with Crippen LogP contribution in [0.15, 0.2) is 22.7 Å². The maximum atomic E-state index is 6.19. The van der Waals surface area contributed by atoms with Crippen LogP contribution in [-0.2, 0) is 6.42 Å². The number of halogens is 2. The van der Waals surface area contributed by atoms with Crippen LogP contribution in [0.4, 0.5) is 0 Å². The third-order valence-electron chi connectivity index (χ3n) is 2.80. The van der Waals surface area contributed by atoms with E-state index in [4.69, 9.17) is 11.6 Å². The smallest absolute Gasteiger partial charge is 0.0449 e. The predicted octanol–water partition coefficient (Wildman–Crippen LogP) is 4.67. The number of benzene rings is 1. The zero-order chi connectivity index (χ0) is 12.8. The van der Waals surface area contributed by atoms with Crippen LogP contribution in [0, 0.1) is 5.92 Å². The molecule has 0 amide bonds. The first-order valence-corrected chi connectivity index (χ1v) is 7.33. The topological polar surface area (TPSA) is 12.0 Å². The van der Waals surface area contributed by atoms with Crippen molar-refractivity contribution in [2.45, 2.75) is 39.7 Å². The van der Waals surface area contributed by atoms with Crippen molar-refractivity contribution in [1.82, 2.24) is 5.32 Å². The Morgan fingerprint density at radius 1 is 1.29 bits per heavy atom. The standard InChI is InChI=1S/C14H21BrClN/c1-10(2)17-9-11(3)4-5-12-6-7-13(15)8-14(12)16/h6-8,10-11,17H,4-5,9H2,1-3H3. The summed E-state index contributed by atoms with van der Waals surface area (Å²) < 4.78 is 1.04. The van der Waals surface area contributed by atoms with Gasteiger partial charge < -0.3 is 5.32 Å². The minimum atomic E-state index is 0.564. The van der Waals surface area contributed by atoms with Gasteiger partial charge in [-0.25, -0.2) is 0 Å². The fourth-order valence-electron chi connectivity index (χ4n) is 1.67. The van der Waals surface area contributed by atoms with E-state index in [0.717, 1.165) is 22.5 Å². The monoisotopic (exact) mass is 317 g/mol. The molecule has 96 valence electrons. The van der Waals surface area contributed by atoms with Crippen molar-refractivity contribution >= 4 is 27.5 Å². The van der Waals surface area contributed by atoms with E-state index in [1.54, 1.807) is 0 Å². The summed E-state index contributed by atoms with van der Waals surface area (Å²) in [7, 11) is 0. The molecule has 1 aromatic rings. The molecule has 3 heteroatoms. The van der Waals surface area contributed by atoms with E-state index in [1.807, 2.05) is 6.07 Å². The van der Waals surface area contributed by atoms with Gasteiger partial charge in [-0.05, 0) is 43.0 Å². The van der Waals surface area contributed by atoms with Crippen molar-refractivity contribution in [2.75, 3.05) is 6.54 Å². The Morgan fingerprint density at radius 2 is 2.00 bits per heavy atom. The lowest BCUT2D eigenvalue weighted by atomic mass is 10.0. The molecule has 0 saturated carbocycles. The van der Waals surface area contributed by atoms with Crippen LogP contribution in [0.3, 0.4) is 0 Å². The van der Waals surface area contributed by atoms with Crippen LogP contribution in [0.25, 0.3) is 0 Å². The molecule has 0 saturated heterocycles. The fourth-order valence-corrected chi connectivity index (χ4v) is 2.43. The predicted molar refractivity (Wildman–Crippen MR) is 79.8 cm³/mol. The molecule has 0 aliphatic carbocycles. The maximum absolute atomic E-state index is 6.19. The second-order valence-corrected chi connectivity index (χ2v) is 6.27. The van der Waals surface area contributed by atoms with Crippen molar-refractivity contribution in [3.05, 3.63) is 33.3 Å². The zero-order valence-electron chi connectivity index (χ0n) is 10.8. The molecule has 1 aromatic carbocycles. The van der Waals surface area contributed by atoms with Crippen molar-refractivity contribution in [2.24, 2.45) is 5.92 Å². The van der Waals surface area contributed by atoms with Crippen LogP contribution in [0.2, 0.25) is 5.02 Å². The molecule has 1 atom stereocenters. The lowest BCUT2D eigenvalue weighted by Crippen LogP contribution is -2.28. The number of hydrogen-bond donors (Lipinski definition) is 1. The summed E-state index contributed by atoms with van der Waals surface area (Å²) in [5, 5.41) is 4.33. The van der Waals surface area contributed by atoms with Crippen molar-refractivity contribution < 1.29 is 0 Å². The average Bonchev–Trinajstić information content (AvgIpc) is 2.25. The van der Waals surface area contributed by atoms with Crippen molar-refractivity contribution in [3.63, 3.8) is 0 Å². The van der Waals surface area contributed by atoms with Gasteiger partial charge in [0.15, 0.2) is 0 Å². The third kappa shape index (κ3) is 5.89. The van der Waals surface area contributed by atoms with E-state index < -0.39 is 0 Å². The summed E-state index contributed by atoms with van der Waals surface area (Å²) in [4.78, 5) is 0. The Hall–Kier alpha value is -0.0500. The quantitative estimate of drug-likeness (QED) is 0.803. The highest BCUT2D eigenvalue weighted by molar-refractivity contribution is 9.10. The Morgan fingerprint density at radius 3 is 2.59 bits per heavy atom. The summed E-state index contributed by atoms with van der Waals surface area (Å²) in [5.74, 6) is 0.678. The molecule has 1 nitrogen and oxygen atoms in total. The van der Waals surface area contributed by atoms with Gasteiger partial charge in [0.1, 0.15) is 0 Å². The molecule has 17 heavy (non-hydrogen) atoms. The van der Waals surface area contributed by atoms with Gasteiger partial charge >= 0.3 is 0 Å². The van der Waals surface area contributed by atoms with Crippen LogP contribution < -0.4 is 5.32 Å². The fraction of sp³-hybridized carbons (Fsp3) is 0.571. The Kier molecular flexibility index (Phi) is 6.53. The highest BCUT2D eigenvalue weighted by atomic mass is 79.9. The second kappa shape index (κ2) is 7.40. The van der Waals surface area contributed by atoms with E-state index in [1.165, 1.54) is 12.0 Å². The van der Waals surface area contributed by atoms with E-state index in [9.17, 15) is 0 Å². The molecule has 0 aromatic heterocycles. The molecule has 1 N–H and O–H groups in total. The third-order valence-corrected chi connectivity index (χ3v) is 3.64. The van der Waals surface area contributed by atoms with Crippen LogP contribution in [-0.4, -0.2) is 12.6 Å². The molecule has 0 heterocycles. The lowest BCUT2D eigenvalue weighted by Gasteiger charge is -2.15. The van der Waals surface area contributed by atoms with Crippen molar-refractivity contribution in [3.8, 4) is 0 Å². The Labute approximate surface area is 118 Å². The van der Waals surface area contributed by atoms with Gasteiger partial charge in [0.25, 0.3) is 0 Å². The van der Waals surface area contributed by atoms with Crippen LogP contribution in [0.5, 0.6) is 0 Å². The number of aryl methyl sites for hydroxylation is 1. The first-order chi connectivity index (χ1) is 7.99. The van der Waals surface area contributed by atoms with E-state index in [0.29, 0.717) is 12.0 Å². The van der Waals surface area contributed by atoms with E-state index in [2.05, 4.69) is 54.2 Å². The lowest BCUT2D eigenvalue weighted by molar-refractivity contribution is 0.454. The SMILES string of the molecule is CC(CCc1ccc(Br)cc1Cl)CNC(C)C. The Bertz CT molecular complexity index is 352. The van der Waals surface area contributed by atoms with Gasteiger partial charge in [-0.15, -0.1) is 0 Å². The second-order valence-electron chi connectivity index (χ2n) is 4.94. The van der Waals surface area contributed by atoms with Crippen LogP contribution >= 0.6 is 27.5 Å². The number of rotatable bonds is 6. The van der Waals surface area contributed by atoms with E-state index >= 15 is 0 Å². The molecule has 0 radical (unpaired) electrons. The van der Waals surface area contributed by atoms with Gasteiger partial charge in [0, 0.05) is 15.5 Å². The summed E-state index contributed by atoms with van der Waals surface area (Å²) in [6.45, 7) is 7.71. The minimum absolute atomic E-state index is 0.564. The first kappa shape index (κ1) is 15.0. The summed E-state index contributed by atoms with van der Waals surface area (Å²) in [5.41, 5.74) is 1.24. The highest BCUT2D eigenvalue weighted by Crippen LogP contribution is 2.23. The molecule has 0 fully saturated rings. The average molecular weight is 319 g/mol. The molecular weight excluding hydrogens is 298 g/mol. The van der Waals surface area contributed by atoms with Gasteiger partial charge in [-0.2, -0.15) is 0 Å². The normalized spacial score (nSPS) is 13.1. The zero-order valence-corrected chi connectivity index (χ0v) is 13.1. The first-order valence-electron chi connectivity index (χ1n) is 6.16. The number of nitrogens with one attached hydrogen (secondary N) is 1. The maximum Gasteiger partial charge on any atom is 0.0449 e. The molecule has 1 rings (SSSR count). The largest absolute Gasteiger partial charge is 0.314 e. The molecule has 0 bridgehead atoms. The minimum Gasteiger partial charge on any atom is -0.314 e. The van der Waals surface area contributed by atoms with Gasteiger partial charge in [-0.3, -0.25) is 0 Å². The molecule has 0 aliphatic heterocycles. The van der Waals surface area contributed by atoms with Crippen molar-refractivity contribution in [1.29, 1.82) is 0 Å². The summed E-state index contributed by atoms with van der Waals surface area (Å²) >= 11 is 9.62. The summed E-state index contributed by atoms with van der Waals surface area (Å²) in [6.07, 6.45) is 2.22. The highest BCUT2D eigenvalue weighted by Gasteiger charge is 2.06. The molecule has 0 spiro atoms. The van der Waals surface area contributed by atoms with Gasteiger partial charge in [0.05, 0.1) is 0 Å². The van der Waals surface area contributed by atoms with Gasteiger partial charge in [0.2, 0.25) is 0 Å². The molecular formula is C14H21BrClN. The number of hydrogen-bond acceptors (Lipinski definition) is 1. The molecule has 1 unspecified atom stereocenters. The Balaban J connectivity index is 2.39. The van der Waals surface area contributed by atoms with Crippen LogP contribution in [0.1, 0.15) is 32.8 Å². The molecule has 0 aliphatic rings. The van der Waals surface area contributed by atoms with Gasteiger partial charge in [-0.1, -0.05) is 54.4 Å². The van der Waals surface area contributed by atoms with E-state index in [-0.39, 0.29) is 0 Å².